The average Bonchev–Trinajstić information content (AvgIpc) is 1.85. The number of hydrogen-bond donors (Lipinski definition) is 3. The van der Waals surface area contributed by atoms with E-state index in [1.165, 1.54) is 5.56 Å². The second-order valence-corrected chi connectivity index (χ2v) is 3.19. The molecule has 0 saturated heterocycles. The van der Waals surface area contributed by atoms with Gasteiger partial charge in [-0.05, 0) is 6.92 Å². The van der Waals surface area contributed by atoms with Gasteiger partial charge in [0.25, 0.3) is 0 Å². The van der Waals surface area contributed by atoms with Gasteiger partial charge in [-0.1, -0.05) is 35.9 Å². The molecule has 0 aliphatic rings. The van der Waals surface area contributed by atoms with Crippen molar-refractivity contribution >= 4 is 59.2 Å². The van der Waals surface area contributed by atoms with Gasteiger partial charge in [-0.3, -0.25) is 0 Å². The average molecular weight is 230 g/mol. The molecule has 0 amide bonds. The van der Waals surface area contributed by atoms with Gasteiger partial charge >= 0.3 is 59.2 Å². The third-order valence-electron chi connectivity index (χ3n) is 0.940. The summed E-state index contributed by atoms with van der Waals surface area (Å²) in [5.41, 5.74) is 1.32. The number of rotatable bonds is 0. The van der Waals surface area contributed by atoms with Crippen LogP contribution in [0.15, 0.2) is 30.3 Å². The van der Waals surface area contributed by atoms with Crippen molar-refractivity contribution in [3.05, 3.63) is 35.9 Å². The van der Waals surface area contributed by atoms with E-state index >= 15 is 0 Å². The van der Waals surface area contributed by atoms with E-state index < -0.39 is 7.82 Å². The summed E-state index contributed by atoms with van der Waals surface area (Å²) in [6.45, 7) is 2.08. The van der Waals surface area contributed by atoms with Crippen LogP contribution in [0.1, 0.15) is 5.56 Å². The molecular weight excluding hydrogens is 218 g/mol. The molecule has 13 heavy (non-hydrogen) atoms. The van der Waals surface area contributed by atoms with E-state index in [2.05, 4.69) is 19.1 Å². The van der Waals surface area contributed by atoms with Crippen LogP contribution in [0, 0.1) is 6.92 Å². The van der Waals surface area contributed by atoms with Crippen molar-refractivity contribution < 1.29 is 19.2 Å². The molecule has 0 aliphatic carbocycles. The Balaban J connectivity index is 0. The molecule has 3 N–H and O–H groups in total. The maximum absolute atomic E-state index is 8.88. The van der Waals surface area contributed by atoms with Gasteiger partial charge < -0.3 is 14.7 Å². The first-order valence-corrected chi connectivity index (χ1v) is 4.76. The monoisotopic (exact) mass is 230 g/mol. The molecule has 0 spiro atoms. The Bertz CT molecular complexity index is 250. The fourth-order valence-corrected chi connectivity index (χ4v) is 0.534. The number of hydrogen-bond acceptors (Lipinski definition) is 1. The van der Waals surface area contributed by atoms with E-state index in [9.17, 15) is 0 Å². The molecular formula is C7H12KO4P. The summed E-state index contributed by atoms with van der Waals surface area (Å²) >= 11 is 0. The van der Waals surface area contributed by atoms with Gasteiger partial charge in [-0.15, -0.1) is 0 Å². The zero-order chi connectivity index (χ0) is 9.61. The number of phosphoric acid groups is 1. The summed E-state index contributed by atoms with van der Waals surface area (Å²) in [5, 5.41) is 0. The van der Waals surface area contributed by atoms with Crippen molar-refractivity contribution in [3.63, 3.8) is 0 Å². The molecule has 1 rings (SSSR count). The third kappa shape index (κ3) is 19.4. The molecule has 0 radical (unpaired) electrons. The number of benzene rings is 1. The summed E-state index contributed by atoms with van der Waals surface area (Å²) < 4.78 is 8.88. The van der Waals surface area contributed by atoms with Crippen LogP contribution < -0.4 is 0 Å². The van der Waals surface area contributed by atoms with Crippen molar-refractivity contribution in [1.29, 1.82) is 0 Å². The van der Waals surface area contributed by atoms with Crippen LogP contribution in [-0.4, -0.2) is 66.1 Å². The molecule has 1 aromatic rings. The van der Waals surface area contributed by atoms with Crippen molar-refractivity contribution in [3.8, 4) is 0 Å². The zero-order valence-electron chi connectivity index (χ0n) is 6.58. The van der Waals surface area contributed by atoms with Crippen molar-refractivity contribution in [2.45, 2.75) is 6.92 Å². The van der Waals surface area contributed by atoms with Crippen molar-refractivity contribution in [1.82, 2.24) is 0 Å². The SMILES string of the molecule is Cc1ccccc1.O=P(O)(O)O.[KH]. The van der Waals surface area contributed by atoms with Crippen LogP contribution in [0.3, 0.4) is 0 Å². The Morgan fingerprint density at radius 3 is 1.54 bits per heavy atom. The summed E-state index contributed by atoms with van der Waals surface area (Å²) in [5.74, 6) is 0. The molecule has 0 bridgehead atoms. The maximum atomic E-state index is 8.88. The molecule has 0 saturated carbocycles. The molecule has 0 aliphatic heterocycles. The molecule has 1 aromatic carbocycles. The van der Waals surface area contributed by atoms with Gasteiger partial charge in [-0.25, -0.2) is 4.57 Å². The van der Waals surface area contributed by atoms with Crippen LogP contribution in [0.4, 0.5) is 0 Å². The second-order valence-electron chi connectivity index (χ2n) is 2.17. The van der Waals surface area contributed by atoms with Crippen molar-refractivity contribution in [2.75, 3.05) is 0 Å². The fourth-order valence-electron chi connectivity index (χ4n) is 0.534. The van der Waals surface area contributed by atoms with E-state index in [0.717, 1.165) is 0 Å². The Morgan fingerprint density at radius 1 is 1.08 bits per heavy atom. The van der Waals surface area contributed by atoms with E-state index in [-0.39, 0.29) is 51.4 Å². The van der Waals surface area contributed by atoms with Gasteiger partial charge in [0.05, 0.1) is 0 Å². The van der Waals surface area contributed by atoms with Crippen LogP contribution in [0.2, 0.25) is 0 Å². The van der Waals surface area contributed by atoms with E-state index in [0.29, 0.717) is 0 Å². The van der Waals surface area contributed by atoms with E-state index in [1.807, 2.05) is 18.2 Å². The summed E-state index contributed by atoms with van der Waals surface area (Å²) in [7, 11) is -4.64. The first-order valence-electron chi connectivity index (χ1n) is 3.19. The fraction of sp³-hybridized carbons (Fsp3) is 0.143. The molecule has 0 atom stereocenters. The third-order valence-corrected chi connectivity index (χ3v) is 0.940. The van der Waals surface area contributed by atoms with E-state index in [4.69, 9.17) is 19.2 Å². The molecule has 0 aromatic heterocycles. The van der Waals surface area contributed by atoms with E-state index in [1.54, 1.807) is 0 Å². The zero-order valence-corrected chi connectivity index (χ0v) is 7.48. The van der Waals surface area contributed by atoms with Gasteiger partial charge in [0.15, 0.2) is 0 Å². The van der Waals surface area contributed by atoms with Gasteiger partial charge in [-0.2, -0.15) is 0 Å². The minimum absolute atomic E-state index is 0. The Kier molecular flexibility index (Phi) is 10.5. The van der Waals surface area contributed by atoms with Gasteiger partial charge in [0.2, 0.25) is 0 Å². The van der Waals surface area contributed by atoms with Gasteiger partial charge in [0.1, 0.15) is 0 Å². The van der Waals surface area contributed by atoms with Crippen LogP contribution >= 0.6 is 7.82 Å². The quantitative estimate of drug-likeness (QED) is 0.446. The number of aryl methyl sites for hydroxylation is 1. The molecule has 0 unspecified atom stereocenters. The summed E-state index contributed by atoms with van der Waals surface area (Å²) in [4.78, 5) is 21.6. The Hall–Kier alpha value is 0.966. The summed E-state index contributed by atoms with van der Waals surface area (Å²) in [6.07, 6.45) is 0. The van der Waals surface area contributed by atoms with Crippen LogP contribution in [-0.2, 0) is 4.57 Å². The molecule has 6 heteroatoms. The van der Waals surface area contributed by atoms with Crippen LogP contribution in [0.25, 0.3) is 0 Å². The molecule has 0 heterocycles. The Morgan fingerprint density at radius 2 is 1.38 bits per heavy atom. The topological polar surface area (TPSA) is 77.8 Å². The molecule has 0 fully saturated rings. The first-order chi connectivity index (χ1) is 5.39. The normalized spacial score (nSPS) is 9.23. The van der Waals surface area contributed by atoms with Crippen molar-refractivity contribution in [2.24, 2.45) is 0 Å². The first kappa shape index (κ1) is 16.4. The minimum atomic E-state index is -4.64. The standard InChI is InChI=1S/C7H8.K.H3O4P.H/c1-7-5-3-2-4-6-7;;1-5(2,3)4;/h2-6H,1H3;;(H3,1,2,3,4);. The van der Waals surface area contributed by atoms with Gasteiger partial charge in [0, 0.05) is 0 Å². The predicted octanol–water partition coefficient (Wildman–Crippen LogP) is 0.418. The Labute approximate surface area is 120 Å². The molecule has 4 nitrogen and oxygen atoms in total. The predicted molar refractivity (Wildman–Crippen MR) is 52.6 cm³/mol. The molecule has 70 valence electrons. The second kappa shape index (κ2) is 8.29. The summed E-state index contributed by atoms with van der Waals surface area (Å²) in [6, 6.07) is 10.3. The van der Waals surface area contributed by atoms with Crippen LogP contribution in [0.5, 0.6) is 0 Å².